The van der Waals surface area contributed by atoms with Crippen molar-refractivity contribution in [2.45, 2.75) is 26.3 Å². The molecule has 0 spiro atoms. The lowest BCUT2D eigenvalue weighted by Crippen LogP contribution is -2.48. The molecule has 1 aromatic heterocycles. The summed E-state index contributed by atoms with van der Waals surface area (Å²) in [6.07, 6.45) is -0.896. The number of amides is 1. The quantitative estimate of drug-likeness (QED) is 0.653. The van der Waals surface area contributed by atoms with Crippen LogP contribution in [0, 0.1) is 0 Å². The van der Waals surface area contributed by atoms with Crippen LogP contribution in [0.15, 0.2) is 34.7 Å². The summed E-state index contributed by atoms with van der Waals surface area (Å²) in [5.74, 6) is -1.98. The first-order chi connectivity index (χ1) is 11.7. The number of benzene rings is 1. The van der Waals surface area contributed by atoms with Crippen molar-refractivity contribution in [3.8, 4) is 0 Å². The van der Waals surface area contributed by atoms with Crippen LogP contribution in [-0.4, -0.2) is 46.9 Å². The van der Waals surface area contributed by atoms with Gasteiger partial charge in [-0.3, -0.25) is 9.69 Å². The molecule has 0 saturated heterocycles. The monoisotopic (exact) mass is 349 g/mol. The molecule has 2 rings (SSSR count). The number of nitrogens with zero attached hydrogens (tertiary/aromatic N) is 1. The summed E-state index contributed by atoms with van der Waals surface area (Å²) in [6.45, 7) is 3.81. The third kappa shape index (κ3) is 4.72. The minimum Gasteiger partial charge on any atom is -0.480 e. The van der Waals surface area contributed by atoms with Crippen LogP contribution < -0.4 is 0 Å². The highest BCUT2D eigenvalue weighted by atomic mass is 16.7. The van der Waals surface area contributed by atoms with Crippen LogP contribution in [0.25, 0.3) is 11.0 Å². The molecule has 0 aliphatic carbocycles. The average Bonchev–Trinajstić information content (AvgIpc) is 2.95. The summed E-state index contributed by atoms with van der Waals surface area (Å²) < 4.78 is 15.0. The molecule has 0 atom stereocenters. The zero-order chi connectivity index (χ0) is 18.6. The van der Waals surface area contributed by atoms with Crippen molar-refractivity contribution in [3.63, 3.8) is 0 Å². The van der Waals surface area contributed by atoms with Crippen LogP contribution >= 0.6 is 0 Å². The highest BCUT2D eigenvalue weighted by molar-refractivity contribution is 5.92. The van der Waals surface area contributed by atoms with E-state index in [-0.39, 0.29) is 5.76 Å². The Kier molecular flexibility index (Phi) is 5.31. The number of rotatable bonds is 5. The Bertz CT molecular complexity index is 755. The number of carboxylic acid groups (broad SMARTS) is 1. The van der Waals surface area contributed by atoms with Gasteiger partial charge in [-0.15, -0.1) is 0 Å². The number of fused-ring (bicyclic) bond motifs is 1. The van der Waals surface area contributed by atoms with Gasteiger partial charge < -0.3 is 19.0 Å². The number of aliphatic carboxylic acids is 1. The molecule has 1 aromatic carbocycles. The average molecular weight is 349 g/mol. The molecule has 0 saturated carbocycles. The summed E-state index contributed by atoms with van der Waals surface area (Å²) >= 11 is 0. The fourth-order valence-corrected chi connectivity index (χ4v) is 2.08. The Labute approximate surface area is 143 Å². The minimum atomic E-state index is -1.17. The van der Waals surface area contributed by atoms with E-state index in [0.717, 1.165) is 10.3 Å². The summed E-state index contributed by atoms with van der Waals surface area (Å²) in [7, 11) is 0. The molecule has 0 radical (unpaired) electrons. The highest BCUT2D eigenvalue weighted by Gasteiger charge is 2.30. The topological polar surface area (TPSA) is 106 Å². The van der Waals surface area contributed by atoms with Gasteiger partial charge in [-0.05, 0) is 32.9 Å². The van der Waals surface area contributed by atoms with E-state index in [1.807, 2.05) is 0 Å². The molecule has 1 N–H and O–H groups in total. The van der Waals surface area contributed by atoms with E-state index in [9.17, 15) is 14.4 Å². The standard InChI is InChI=1S/C17H19NO7/c1-17(2,3)18(9-14(19)20)16(22)24-10-23-15(21)13-8-11-6-4-5-7-12(11)25-13/h4-8H,9-10H2,1-3H3,(H,19,20). The lowest BCUT2D eigenvalue weighted by Gasteiger charge is -2.33. The highest BCUT2D eigenvalue weighted by Crippen LogP contribution is 2.19. The molecule has 25 heavy (non-hydrogen) atoms. The Morgan fingerprint density at radius 3 is 2.44 bits per heavy atom. The fraction of sp³-hybridized carbons (Fsp3) is 0.353. The third-order valence-electron chi connectivity index (χ3n) is 3.32. The van der Waals surface area contributed by atoms with E-state index in [0.29, 0.717) is 5.58 Å². The Hall–Kier alpha value is -3.03. The number of ether oxygens (including phenoxy) is 2. The van der Waals surface area contributed by atoms with E-state index in [1.54, 1.807) is 45.0 Å². The molecule has 0 fully saturated rings. The molecule has 1 amide bonds. The summed E-state index contributed by atoms with van der Waals surface area (Å²) in [4.78, 5) is 35.8. The maximum atomic E-state index is 12.0. The minimum absolute atomic E-state index is 0.0181. The van der Waals surface area contributed by atoms with Crippen molar-refractivity contribution < 1.29 is 33.4 Å². The second kappa shape index (κ2) is 7.25. The number of carbonyl (C=O) groups is 3. The van der Waals surface area contributed by atoms with Gasteiger partial charge >= 0.3 is 18.0 Å². The second-order valence-electron chi connectivity index (χ2n) is 6.26. The SMILES string of the molecule is CC(C)(C)N(CC(=O)O)C(=O)OCOC(=O)c1cc2ccccc2o1. The number of para-hydroxylation sites is 1. The lowest BCUT2D eigenvalue weighted by atomic mass is 10.1. The maximum Gasteiger partial charge on any atom is 0.413 e. The van der Waals surface area contributed by atoms with Crippen molar-refractivity contribution in [3.05, 3.63) is 36.1 Å². The van der Waals surface area contributed by atoms with E-state index in [1.165, 1.54) is 6.07 Å². The van der Waals surface area contributed by atoms with E-state index < -0.39 is 36.9 Å². The van der Waals surface area contributed by atoms with E-state index in [4.69, 9.17) is 19.0 Å². The van der Waals surface area contributed by atoms with Crippen molar-refractivity contribution in [1.82, 2.24) is 4.90 Å². The number of carbonyl (C=O) groups excluding carboxylic acids is 2. The van der Waals surface area contributed by atoms with Gasteiger partial charge in [-0.1, -0.05) is 18.2 Å². The smallest absolute Gasteiger partial charge is 0.413 e. The van der Waals surface area contributed by atoms with Gasteiger partial charge in [0, 0.05) is 10.9 Å². The molecular weight excluding hydrogens is 330 g/mol. The van der Waals surface area contributed by atoms with Crippen LogP contribution in [0.3, 0.4) is 0 Å². The van der Waals surface area contributed by atoms with Gasteiger partial charge in [0.05, 0.1) is 0 Å². The summed E-state index contributed by atoms with van der Waals surface area (Å²) in [6, 6.07) is 8.58. The maximum absolute atomic E-state index is 12.0. The number of hydrogen-bond donors (Lipinski definition) is 1. The molecule has 8 nitrogen and oxygen atoms in total. The van der Waals surface area contributed by atoms with Crippen molar-refractivity contribution in [2.24, 2.45) is 0 Å². The van der Waals surface area contributed by atoms with Gasteiger partial charge in [-0.25, -0.2) is 9.59 Å². The molecule has 2 aromatic rings. The predicted molar refractivity (Wildman–Crippen MR) is 87.1 cm³/mol. The van der Waals surface area contributed by atoms with Gasteiger partial charge in [0.25, 0.3) is 0 Å². The first kappa shape index (κ1) is 18.3. The Morgan fingerprint density at radius 1 is 1.16 bits per heavy atom. The summed E-state index contributed by atoms with van der Waals surface area (Å²) in [5, 5.41) is 9.62. The largest absolute Gasteiger partial charge is 0.480 e. The number of carboxylic acids is 1. The van der Waals surface area contributed by atoms with Crippen LogP contribution in [0.4, 0.5) is 4.79 Å². The van der Waals surface area contributed by atoms with Crippen LogP contribution in [0.1, 0.15) is 31.3 Å². The molecule has 1 heterocycles. The number of furan rings is 1. The second-order valence-corrected chi connectivity index (χ2v) is 6.26. The van der Waals surface area contributed by atoms with Gasteiger partial charge in [0.2, 0.25) is 12.6 Å². The van der Waals surface area contributed by atoms with Crippen molar-refractivity contribution in [1.29, 1.82) is 0 Å². The molecule has 0 unspecified atom stereocenters. The molecule has 0 bridgehead atoms. The van der Waals surface area contributed by atoms with Crippen molar-refractivity contribution in [2.75, 3.05) is 13.3 Å². The van der Waals surface area contributed by atoms with E-state index in [2.05, 4.69) is 0 Å². The van der Waals surface area contributed by atoms with Crippen LogP contribution in [-0.2, 0) is 14.3 Å². The first-order valence-electron chi connectivity index (χ1n) is 7.50. The van der Waals surface area contributed by atoms with Crippen LogP contribution in [0.5, 0.6) is 0 Å². The van der Waals surface area contributed by atoms with E-state index >= 15 is 0 Å². The fourth-order valence-electron chi connectivity index (χ4n) is 2.08. The zero-order valence-corrected chi connectivity index (χ0v) is 14.1. The van der Waals surface area contributed by atoms with Gasteiger partial charge in [-0.2, -0.15) is 0 Å². The molecule has 0 aliphatic rings. The van der Waals surface area contributed by atoms with Gasteiger partial charge in [0.15, 0.2) is 0 Å². The first-order valence-corrected chi connectivity index (χ1v) is 7.50. The normalized spacial score (nSPS) is 11.2. The van der Waals surface area contributed by atoms with Crippen molar-refractivity contribution >= 4 is 29.0 Å². The lowest BCUT2D eigenvalue weighted by molar-refractivity contribution is -0.139. The third-order valence-corrected chi connectivity index (χ3v) is 3.32. The molecule has 0 aliphatic heterocycles. The number of esters is 1. The summed E-state index contributed by atoms with van der Waals surface area (Å²) in [5.41, 5.74) is -0.232. The van der Waals surface area contributed by atoms with Crippen LogP contribution in [0.2, 0.25) is 0 Å². The Morgan fingerprint density at radius 2 is 1.84 bits per heavy atom. The molecule has 134 valence electrons. The molecular formula is C17H19NO7. The molecule has 8 heteroatoms. The predicted octanol–water partition coefficient (Wildman–Crippen LogP) is 2.87. The zero-order valence-electron chi connectivity index (χ0n) is 14.1. The Balaban J connectivity index is 1.93. The number of hydrogen-bond acceptors (Lipinski definition) is 6. The van der Waals surface area contributed by atoms with Gasteiger partial charge in [0.1, 0.15) is 12.1 Å².